The molecule has 0 unspecified atom stereocenters. The zero-order chi connectivity index (χ0) is 9.42. The second-order valence-electron chi connectivity index (χ2n) is 2.80. The van der Waals surface area contributed by atoms with E-state index in [0.29, 0.717) is 16.7 Å². The summed E-state index contributed by atoms with van der Waals surface area (Å²) in [5.74, 6) is 0. The van der Waals surface area contributed by atoms with Crippen molar-refractivity contribution in [2.75, 3.05) is 5.73 Å². The quantitative estimate of drug-likeness (QED) is 0.608. The molecule has 66 valence electrons. The number of hydrogen-bond donors (Lipinski definition) is 1. The average molecular weight is 176 g/mol. The molecule has 5 heteroatoms. The monoisotopic (exact) mass is 176 g/mol. The molecule has 0 saturated heterocycles. The Balaban J connectivity index is 3.01. The number of pyridine rings is 1. The minimum atomic E-state index is -0.298. The van der Waals surface area contributed by atoms with Crippen LogP contribution in [0.15, 0.2) is 23.4 Å². The molecule has 5 nitrogen and oxygen atoms in total. The van der Waals surface area contributed by atoms with E-state index in [0.717, 1.165) is 0 Å². The smallest absolute Gasteiger partial charge is 0.282 e. The maximum atomic E-state index is 11.3. The third-order valence-corrected chi connectivity index (χ3v) is 1.80. The molecule has 0 spiro atoms. The summed E-state index contributed by atoms with van der Waals surface area (Å²) in [5, 5.41) is 0.449. The molecule has 13 heavy (non-hydrogen) atoms. The van der Waals surface area contributed by atoms with Crippen molar-refractivity contribution in [3.63, 3.8) is 0 Å². The van der Waals surface area contributed by atoms with Crippen LogP contribution in [0.5, 0.6) is 0 Å². The van der Waals surface area contributed by atoms with Crippen molar-refractivity contribution in [2.24, 2.45) is 7.05 Å². The van der Waals surface area contributed by atoms with Crippen LogP contribution in [0.4, 0.5) is 5.69 Å². The van der Waals surface area contributed by atoms with Crippen LogP contribution in [0.25, 0.3) is 11.0 Å². The first-order valence-electron chi connectivity index (χ1n) is 3.75. The molecule has 0 bridgehead atoms. The summed E-state index contributed by atoms with van der Waals surface area (Å²) in [7, 11) is 1.78. The molecule has 0 aliphatic carbocycles. The van der Waals surface area contributed by atoms with E-state index in [-0.39, 0.29) is 5.56 Å². The molecule has 2 heterocycles. The summed E-state index contributed by atoms with van der Waals surface area (Å²) in [6.45, 7) is 0. The molecule has 0 aliphatic heterocycles. The van der Waals surface area contributed by atoms with Gasteiger partial charge >= 0.3 is 0 Å². The highest BCUT2D eigenvalue weighted by atomic mass is 16.1. The number of aromatic nitrogens is 3. The van der Waals surface area contributed by atoms with Crippen molar-refractivity contribution in [3.05, 3.63) is 28.9 Å². The van der Waals surface area contributed by atoms with Gasteiger partial charge < -0.3 is 10.3 Å². The summed E-state index contributed by atoms with van der Waals surface area (Å²) in [5.41, 5.74) is 6.27. The molecule has 0 fully saturated rings. The van der Waals surface area contributed by atoms with Crippen LogP contribution >= 0.6 is 0 Å². The van der Waals surface area contributed by atoms with Gasteiger partial charge in [-0.15, -0.1) is 0 Å². The first kappa shape index (κ1) is 7.72. The number of rotatable bonds is 0. The Hall–Kier alpha value is -1.91. The van der Waals surface area contributed by atoms with Gasteiger partial charge in [-0.05, 0) is 6.07 Å². The molecular formula is C8H8N4O. The van der Waals surface area contributed by atoms with E-state index in [4.69, 9.17) is 5.73 Å². The van der Waals surface area contributed by atoms with E-state index in [9.17, 15) is 4.79 Å². The third-order valence-electron chi connectivity index (χ3n) is 1.80. The largest absolute Gasteiger partial charge is 0.397 e. The van der Waals surface area contributed by atoms with Gasteiger partial charge in [0.25, 0.3) is 5.56 Å². The molecule has 0 atom stereocenters. The Morgan fingerprint density at radius 1 is 1.46 bits per heavy atom. The average Bonchev–Trinajstić information content (AvgIpc) is 2.12. The molecule has 2 aromatic heterocycles. The van der Waals surface area contributed by atoms with Crippen LogP contribution in [-0.2, 0) is 7.05 Å². The van der Waals surface area contributed by atoms with Crippen LogP contribution in [0.1, 0.15) is 0 Å². The van der Waals surface area contributed by atoms with Gasteiger partial charge in [0.2, 0.25) is 0 Å². The SMILES string of the molecule is Cn1cnc(=O)c2cc(N)cnc21. The molecule has 2 aromatic rings. The van der Waals surface area contributed by atoms with Crippen molar-refractivity contribution < 1.29 is 0 Å². The van der Waals surface area contributed by atoms with E-state index >= 15 is 0 Å². The Kier molecular flexibility index (Phi) is 1.51. The van der Waals surface area contributed by atoms with Gasteiger partial charge in [0.15, 0.2) is 0 Å². The Bertz CT molecular complexity index is 517. The van der Waals surface area contributed by atoms with Crippen molar-refractivity contribution in [2.45, 2.75) is 0 Å². The van der Waals surface area contributed by atoms with E-state index in [1.54, 1.807) is 17.7 Å². The highest BCUT2D eigenvalue weighted by Gasteiger charge is 2.02. The predicted octanol–water partition coefficient (Wildman–Crippen LogP) is -0.0893. The van der Waals surface area contributed by atoms with Crippen molar-refractivity contribution in [1.82, 2.24) is 14.5 Å². The predicted molar refractivity (Wildman–Crippen MR) is 49.2 cm³/mol. The fourth-order valence-corrected chi connectivity index (χ4v) is 1.18. The zero-order valence-electron chi connectivity index (χ0n) is 7.06. The highest BCUT2D eigenvalue weighted by Crippen LogP contribution is 2.08. The summed E-state index contributed by atoms with van der Waals surface area (Å²) in [6, 6.07) is 1.58. The van der Waals surface area contributed by atoms with Gasteiger partial charge in [-0.25, -0.2) is 4.98 Å². The van der Waals surface area contributed by atoms with Crippen LogP contribution in [-0.4, -0.2) is 14.5 Å². The molecule has 0 saturated carbocycles. The summed E-state index contributed by atoms with van der Waals surface area (Å²) >= 11 is 0. The lowest BCUT2D eigenvalue weighted by Gasteiger charge is -2.02. The van der Waals surface area contributed by atoms with E-state index in [2.05, 4.69) is 9.97 Å². The maximum Gasteiger partial charge on any atom is 0.282 e. The first-order valence-corrected chi connectivity index (χ1v) is 3.75. The van der Waals surface area contributed by atoms with Gasteiger partial charge in [0, 0.05) is 7.05 Å². The van der Waals surface area contributed by atoms with Crippen LogP contribution in [0.3, 0.4) is 0 Å². The number of anilines is 1. The number of aryl methyl sites for hydroxylation is 1. The van der Waals surface area contributed by atoms with Gasteiger partial charge in [-0.3, -0.25) is 4.79 Å². The van der Waals surface area contributed by atoms with Crippen molar-refractivity contribution in [1.29, 1.82) is 0 Å². The van der Waals surface area contributed by atoms with Gasteiger partial charge in [0.1, 0.15) is 12.0 Å². The number of nitrogens with zero attached hydrogens (tertiary/aromatic N) is 3. The fourth-order valence-electron chi connectivity index (χ4n) is 1.18. The van der Waals surface area contributed by atoms with Crippen LogP contribution in [0, 0.1) is 0 Å². The van der Waals surface area contributed by atoms with Gasteiger partial charge in [0.05, 0.1) is 17.3 Å². The fraction of sp³-hybridized carbons (Fsp3) is 0.125. The second kappa shape index (κ2) is 2.55. The standard InChI is InChI=1S/C8H8N4O/c1-12-4-11-8(13)6-2-5(9)3-10-7(6)12/h2-4H,9H2,1H3. The van der Waals surface area contributed by atoms with Crippen molar-refractivity contribution >= 4 is 16.7 Å². The minimum Gasteiger partial charge on any atom is -0.397 e. The Labute approximate surface area is 73.8 Å². The normalized spacial score (nSPS) is 10.5. The molecule has 0 aromatic carbocycles. The number of nitrogen functional groups attached to an aromatic ring is 1. The second-order valence-corrected chi connectivity index (χ2v) is 2.80. The van der Waals surface area contributed by atoms with Gasteiger partial charge in [-0.1, -0.05) is 0 Å². The van der Waals surface area contributed by atoms with Crippen LogP contribution < -0.4 is 11.3 Å². The number of nitrogens with two attached hydrogens (primary N) is 1. The molecular weight excluding hydrogens is 168 g/mol. The summed E-state index contributed by atoms with van der Waals surface area (Å²) in [6.07, 6.45) is 2.95. The third kappa shape index (κ3) is 1.14. The lowest BCUT2D eigenvalue weighted by molar-refractivity contribution is 0.884. The molecule has 0 amide bonds. The minimum absolute atomic E-state index is 0.298. The molecule has 0 radical (unpaired) electrons. The summed E-state index contributed by atoms with van der Waals surface area (Å²) < 4.78 is 1.68. The lowest BCUT2D eigenvalue weighted by atomic mass is 10.3. The summed E-state index contributed by atoms with van der Waals surface area (Å²) in [4.78, 5) is 19.0. The van der Waals surface area contributed by atoms with E-state index in [1.807, 2.05) is 0 Å². The first-order chi connectivity index (χ1) is 6.18. The van der Waals surface area contributed by atoms with E-state index < -0.39 is 0 Å². The maximum absolute atomic E-state index is 11.3. The topological polar surface area (TPSA) is 73.8 Å². The molecule has 2 rings (SSSR count). The Morgan fingerprint density at radius 3 is 3.00 bits per heavy atom. The zero-order valence-corrected chi connectivity index (χ0v) is 7.06. The van der Waals surface area contributed by atoms with Crippen LogP contribution in [0.2, 0.25) is 0 Å². The Morgan fingerprint density at radius 2 is 2.23 bits per heavy atom. The molecule has 2 N–H and O–H groups in total. The van der Waals surface area contributed by atoms with Crippen molar-refractivity contribution in [3.8, 4) is 0 Å². The van der Waals surface area contributed by atoms with E-state index in [1.165, 1.54) is 12.5 Å². The number of hydrogen-bond acceptors (Lipinski definition) is 4. The van der Waals surface area contributed by atoms with Gasteiger partial charge in [-0.2, -0.15) is 4.98 Å². The highest BCUT2D eigenvalue weighted by molar-refractivity contribution is 5.76. The molecule has 0 aliphatic rings. The number of fused-ring (bicyclic) bond motifs is 1. The lowest BCUT2D eigenvalue weighted by Crippen LogP contribution is -2.11.